The van der Waals surface area contributed by atoms with Crippen molar-refractivity contribution in [3.05, 3.63) is 82.2 Å². The summed E-state index contributed by atoms with van der Waals surface area (Å²) in [4.78, 5) is 26.0. The molecule has 0 aromatic heterocycles. The Balaban J connectivity index is 1.65. The molecule has 25 heavy (non-hydrogen) atoms. The zero-order valence-corrected chi connectivity index (χ0v) is 14.8. The van der Waals surface area contributed by atoms with Crippen LogP contribution in [0, 0.1) is 0 Å². The molecule has 6 heteroatoms. The first-order chi connectivity index (χ1) is 12.1. The maximum absolute atomic E-state index is 12.4. The number of anilines is 1. The number of thioether (sulfide) groups is 1. The van der Waals surface area contributed by atoms with Gasteiger partial charge in [0.2, 0.25) is 0 Å². The van der Waals surface area contributed by atoms with Crippen molar-refractivity contribution >= 4 is 46.3 Å². The number of hydrogen-bond acceptors (Lipinski definition) is 4. The summed E-state index contributed by atoms with van der Waals surface area (Å²) in [6.07, 6.45) is 5.32. The van der Waals surface area contributed by atoms with Crippen LogP contribution in [0.5, 0.6) is 0 Å². The van der Waals surface area contributed by atoms with Crippen LogP contribution in [0.25, 0.3) is 6.08 Å². The highest BCUT2D eigenvalue weighted by atomic mass is 35.5. The molecule has 0 saturated carbocycles. The Kier molecular flexibility index (Phi) is 5.58. The number of nitrogens with zero attached hydrogens (tertiary/aromatic N) is 1. The molecule has 3 rings (SSSR count). The molecule has 0 radical (unpaired) electrons. The van der Waals surface area contributed by atoms with E-state index in [0.29, 0.717) is 15.6 Å². The van der Waals surface area contributed by atoms with E-state index < -0.39 is 0 Å². The summed E-state index contributed by atoms with van der Waals surface area (Å²) in [5.41, 5.74) is 1.70. The van der Waals surface area contributed by atoms with E-state index in [-0.39, 0.29) is 17.8 Å². The lowest BCUT2D eigenvalue weighted by atomic mass is 10.2. The van der Waals surface area contributed by atoms with Crippen molar-refractivity contribution < 1.29 is 9.59 Å². The predicted octanol–water partition coefficient (Wildman–Crippen LogP) is 5.00. The fraction of sp³-hybridized carbons (Fsp3) is 0.0526. The smallest absolute Gasteiger partial charge is 0.295 e. The third kappa shape index (κ3) is 4.32. The van der Waals surface area contributed by atoms with Gasteiger partial charge in [-0.3, -0.25) is 14.5 Å². The van der Waals surface area contributed by atoms with E-state index in [0.717, 1.165) is 22.2 Å². The second-order valence-corrected chi connectivity index (χ2v) is 6.62. The number of imide groups is 1. The molecule has 1 fully saturated rings. The van der Waals surface area contributed by atoms with Gasteiger partial charge in [-0.2, -0.15) is 0 Å². The Morgan fingerprint density at radius 2 is 1.76 bits per heavy atom. The minimum Gasteiger partial charge on any atom is -0.366 e. The Morgan fingerprint density at radius 3 is 2.52 bits per heavy atom. The topological polar surface area (TPSA) is 49.4 Å². The van der Waals surface area contributed by atoms with Gasteiger partial charge in [0.1, 0.15) is 0 Å². The molecule has 0 unspecified atom stereocenters. The zero-order chi connectivity index (χ0) is 17.6. The number of allylic oxidation sites excluding steroid dienone is 2. The van der Waals surface area contributed by atoms with Crippen molar-refractivity contribution in [2.24, 2.45) is 0 Å². The summed E-state index contributed by atoms with van der Waals surface area (Å²) >= 11 is 6.99. The maximum Gasteiger partial charge on any atom is 0.295 e. The number of para-hydroxylation sites is 1. The standard InChI is InChI=1S/C19H15ClN2O2S/c20-15-10-4-5-11-16(15)21-13-22-18(23)17(25-19(22)24)12-6-9-14-7-2-1-3-8-14/h1-12,21H,13H2. The molecule has 1 aliphatic rings. The van der Waals surface area contributed by atoms with Crippen LogP contribution in [-0.2, 0) is 4.79 Å². The van der Waals surface area contributed by atoms with E-state index in [1.807, 2.05) is 48.5 Å². The molecule has 1 heterocycles. The molecule has 4 nitrogen and oxygen atoms in total. The van der Waals surface area contributed by atoms with Crippen LogP contribution in [0.3, 0.4) is 0 Å². The van der Waals surface area contributed by atoms with Crippen LogP contribution in [-0.4, -0.2) is 22.7 Å². The second-order valence-electron chi connectivity index (χ2n) is 5.22. The number of benzene rings is 2. The first kappa shape index (κ1) is 17.3. The summed E-state index contributed by atoms with van der Waals surface area (Å²) in [7, 11) is 0. The van der Waals surface area contributed by atoms with Crippen LogP contribution in [0.2, 0.25) is 5.02 Å². The van der Waals surface area contributed by atoms with Gasteiger partial charge in [-0.25, -0.2) is 0 Å². The van der Waals surface area contributed by atoms with Crippen LogP contribution < -0.4 is 5.32 Å². The van der Waals surface area contributed by atoms with E-state index in [9.17, 15) is 9.59 Å². The van der Waals surface area contributed by atoms with Crippen LogP contribution in [0.1, 0.15) is 5.56 Å². The SMILES string of the molecule is O=C1SC(=CC=Cc2ccccc2)C(=O)N1CNc1ccccc1Cl. The molecule has 126 valence electrons. The number of amides is 2. The third-order valence-corrected chi connectivity index (χ3v) is 4.77. The second kappa shape index (κ2) is 8.05. The normalized spacial score (nSPS) is 16.2. The van der Waals surface area contributed by atoms with Crippen molar-refractivity contribution in [1.82, 2.24) is 4.90 Å². The molecule has 1 saturated heterocycles. The van der Waals surface area contributed by atoms with E-state index in [2.05, 4.69) is 5.32 Å². The van der Waals surface area contributed by atoms with Gasteiger partial charge in [0, 0.05) is 0 Å². The van der Waals surface area contributed by atoms with E-state index in [1.165, 1.54) is 0 Å². The van der Waals surface area contributed by atoms with Gasteiger partial charge >= 0.3 is 0 Å². The van der Waals surface area contributed by atoms with Gasteiger partial charge in [0.25, 0.3) is 11.1 Å². The molecule has 0 atom stereocenters. The monoisotopic (exact) mass is 370 g/mol. The number of rotatable bonds is 5. The molecular weight excluding hydrogens is 356 g/mol. The number of carbonyl (C=O) groups excluding carboxylic acids is 2. The van der Waals surface area contributed by atoms with Gasteiger partial charge in [0.15, 0.2) is 0 Å². The molecule has 0 aliphatic carbocycles. The Hall–Kier alpha value is -2.50. The summed E-state index contributed by atoms with van der Waals surface area (Å²) in [5.74, 6) is -0.313. The van der Waals surface area contributed by atoms with Crippen molar-refractivity contribution in [1.29, 1.82) is 0 Å². The molecule has 2 aromatic rings. The maximum atomic E-state index is 12.4. The first-order valence-corrected chi connectivity index (χ1v) is 8.80. The summed E-state index contributed by atoms with van der Waals surface area (Å²) in [5, 5.41) is 3.25. The number of nitrogens with one attached hydrogen (secondary N) is 1. The molecular formula is C19H15ClN2O2S. The summed E-state index contributed by atoms with van der Waals surface area (Å²) < 4.78 is 0. The lowest BCUT2D eigenvalue weighted by Gasteiger charge is -2.15. The highest BCUT2D eigenvalue weighted by Crippen LogP contribution is 2.31. The Morgan fingerprint density at radius 1 is 1.04 bits per heavy atom. The Bertz CT molecular complexity index is 850. The van der Waals surface area contributed by atoms with Crippen LogP contribution in [0.15, 0.2) is 71.7 Å². The average molecular weight is 371 g/mol. The lowest BCUT2D eigenvalue weighted by Crippen LogP contribution is -2.33. The van der Waals surface area contributed by atoms with E-state index in [1.54, 1.807) is 24.3 Å². The highest BCUT2D eigenvalue weighted by molar-refractivity contribution is 8.18. The minimum absolute atomic E-state index is 0.0775. The first-order valence-electron chi connectivity index (χ1n) is 7.60. The van der Waals surface area contributed by atoms with Crippen molar-refractivity contribution in [2.45, 2.75) is 0 Å². The fourth-order valence-corrected chi connectivity index (χ4v) is 3.22. The molecule has 2 amide bonds. The van der Waals surface area contributed by atoms with Crippen molar-refractivity contribution in [2.75, 3.05) is 12.0 Å². The van der Waals surface area contributed by atoms with E-state index >= 15 is 0 Å². The summed E-state index contributed by atoms with van der Waals surface area (Å²) in [6, 6.07) is 16.9. The van der Waals surface area contributed by atoms with Crippen molar-refractivity contribution in [3.8, 4) is 0 Å². The molecule has 2 aromatic carbocycles. The largest absolute Gasteiger partial charge is 0.366 e. The van der Waals surface area contributed by atoms with Gasteiger partial charge < -0.3 is 5.32 Å². The highest BCUT2D eigenvalue weighted by Gasteiger charge is 2.34. The Labute approximate surface area is 155 Å². The molecule has 1 N–H and O–H groups in total. The molecule has 0 spiro atoms. The fourth-order valence-electron chi connectivity index (χ4n) is 2.23. The lowest BCUT2D eigenvalue weighted by molar-refractivity contribution is -0.122. The zero-order valence-electron chi connectivity index (χ0n) is 13.2. The number of carbonyl (C=O) groups is 2. The van der Waals surface area contributed by atoms with Gasteiger partial charge in [-0.15, -0.1) is 0 Å². The van der Waals surface area contributed by atoms with Crippen molar-refractivity contribution in [3.63, 3.8) is 0 Å². The van der Waals surface area contributed by atoms with E-state index in [4.69, 9.17) is 11.6 Å². The molecule has 1 aliphatic heterocycles. The van der Waals surface area contributed by atoms with Gasteiger partial charge in [0.05, 0.1) is 22.3 Å². The third-order valence-electron chi connectivity index (χ3n) is 3.51. The predicted molar refractivity (Wildman–Crippen MR) is 103 cm³/mol. The average Bonchev–Trinajstić information content (AvgIpc) is 2.89. The quantitative estimate of drug-likeness (QED) is 0.752. The number of hydrogen-bond donors (Lipinski definition) is 1. The van der Waals surface area contributed by atoms with Gasteiger partial charge in [-0.1, -0.05) is 66.2 Å². The van der Waals surface area contributed by atoms with Crippen LogP contribution >= 0.6 is 23.4 Å². The molecule has 0 bridgehead atoms. The minimum atomic E-state index is -0.313. The van der Waals surface area contributed by atoms with Crippen LogP contribution in [0.4, 0.5) is 10.5 Å². The summed E-state index contributed by atoms with van der Waals surface area (Å²) in [6.45, 7) is 0.0775. The number of halogens is 1. The van der Waals surface area contributed by atoms with Gasteiger partial charge in [-0.05, 0) is 35.5 Å².